The van der Waals surface area contributed by atoms with Gasteiger partial charge >= 0.3 is 0 Å². The number of nitrogens with one attached hydrogen (secondary N) is 1. The first-order valence-corrected chi connectivity index (χ1v) is 8.10. The Labute approximate surface area is 107 Å². The predicted octanol–water partition coefficient (Wildman–Crippen LogP) is 1.48. The summed E-state index contributed by atoms with van der Waals surface area (Å²) in [6.07, 6.45) is 1.09. The molecule has 3 nitrogen and oxygen atoms in total. The molecule has 1 saturated heterocycles. The van der Waals surface area contributed by atoms with Crippen LogP contribution in [0.25, 0.3) is 0 Å². The van der Waals surface area contributed by atoms with E-state index in [9.17, 15) is 0 Å². The van der Waals surface area contributed by atoms with Crippen molar-refractivity contribution in [3.8, 4) is 0 Å². The SMILES string of the molecule is COCCOCCCNCC1CSCCS1. The second-order valence-electron chi connectivity index (χ2n) is 3.73. The molecule has 16 heavy (non-hydrogen) atoms. The van der Waals surface area contributed by atoms with E-state index in [1.807, 2.05) is 0 Å². The molecule has 1 fully saturated rings. The first-order chi connectivity index (χ1) is 7.93. The van der Waals surface area contributed by atoms with E-state index in [1.54, 1.807) is 7.11 Å². The molecule has 0 spiro atoms. The van der Waals surface area contributed by atoms with Gasteiger partial charge in [0.15, 0.2) is 0 Å². The first-order valence-electron chi connectivity index (χ1n) is 5.90. The largest absolute Gasteiger partial charge is 0.382 e. The molecular weight excluding hydrogens is 242 g/mol. The normalized spacial score (nSPS) is 21.2. The van der Waals surface area contributed by atoms with Crippen molar-refractivity contribution in [2.75, 3.05) is 57.3 Å². The zero-order valence-corrected chi connectivity index (χ0v) is 11.7. The number of thioether (sulfide) groups is 2. The second kappa shape index (κ2) is 10.7. The lowest BCUT2D eigenvalue weighted by Crippen LogP contribution is -2.30. The minimum atomic E-state index is 0.698. The van der Waals surface area contributed by atoms with Crippen LogP contribution in [0.15, 0.2) is 0 Å². The fraction of sp³-hybridized carbons (Fsp3) is 1.00. The molecule has 1 aliphatic rings. The third kappa shape index (κ3) is 7.79. The van der Waals surface area contributed by atoms with Gasteiger partial charge in [-0.05, 0) is 13.0 Å². The summed E-state index contributed by atoms with van der Waals surface area (Å²) in [5.41, 5.74) is 0. The van der Waals surface area contributed by atoms with Crippen LogP contribution in [0.4, 0.5) is 0 Å². The summed E-state index contributed by atoms with van der Waals surface area (Å²) in [4.78, 5) is 0. The quantitative estimate of drug-likeness (QED) is 0.638. The highest BCUT2D eigenvalue weighted by molar-refractivity contribution is 8.06. The number of methoxy groups -OCH3 is 1. The second-order valence-corrected chi connectivity index (χ2v) is 6.29. The summed E-state index contributed by atoms with van der Waals surface area (Å²) in [5, 5.41) is 4.31. The highest BCUT2D eigenvalue weighted by Gasteiger charge is 2.12. The van der Waals surface area contributed by atoms with Crippen LogP contribution in [-0.2, 0) is 9.47 Å². The van der Waals surface area contributed by atoms with Crippen LogP contribution in [0.3, 0.4) is 0 Å². The van der Waals surface area contributed by atoms with Gasteiger partial charge in [-0.25, -0.2) is 0 Å². The zero-order valence-electron chi connectivity index (χ0n) is 10.1. The van der Waals surface area contributed by atoms with E-state index in [2.05, 4.69) is 28.8 Å². The Hall–Kier alpha value is 0.580. The van der Waals surface area contributed by atoms with Gasteiger partial charge in [0.2, 0.25) is 0 Å². The summed E-state index contributed by atoms with van der Waals surface area (Å²) in [5.74, 6) is 3.95. The third-order valence-electron chi connectivity index (χ3n) is 2.33. The Balaban J connectivity index is 1.77. The number of ether oxygens (including phenoxy) is 2. The molecule has 0 aromatic heterocycles. The third-order valence-corrected chi connectivity index (χ3v) is 5.18. The van der Waals surface area contributed by atoms with Crippen molar-refractivity contribution in [1.82, 2.24) is 5.32 Å². The fourth-order valence-corrected chi connectivity index (χ4v) is 4.11. The highest BCUT2D eigenvalue weighted by Crippen LogP contribution is 2.23. The van der Waals surface area contributed by atoms with Gasteiger partial charge in [-0.2, -0.15) is 23.5 Å². The summed E-state index contributed by atoms with van der Waals surface area (Å²) in [6.45, 7) is 4.46. The van der Waals surface area contributed by atoms with Gasteiger partial charge in [0, 0.05) is 42.8 Å². The van der Waals surface area contributed by atoms with E-state index in [4.69, 9.17) is 9.47 Å². The van der Waals surface area contributed by atoms with Gasteiger partial charge in [0.25, 0.3) is 0 Å². The number of hydrogen-bond donors (Lipinski definition) is 1. The lowest BCUT2D eigenvalue weighted by molar-refractivity contribution is 0.0695. The van der Waals surface area contributed by atoms with Crippen LogP contribution in [0, 0.1) is 0 Å². The molecule has 0 bridgehead atoms. The Bertz CT molecular complexity index is 155. The van der Waals surface area contributed by atoms with Gasteiger partial charge in [-0.1, -0.05) is 0 Å². The summed E-state index contributed by atoms with van der Waals surface area (Å²) >= 11 is 4.19. The van der Waals surface area contributed by atoms with Crippen molar-refractivity contribution in [2.45, 2.75) is 11.7 Å². The van der Waals surface area contributed by atoms with E-state index < -0.39 is 0 Å². The lowest BCUT2D eigenvalue weighted by atomic mass is 10.4. The molecule has 0 aromatic carbocycles. The molecule has 1 atom stereocenters. The molecule has 1 N–H and O–H groups in total. The van der Waals surface area contributed by atoms with Crippen LogP contribution in [0.5, 0.6) is 0 Å². The molecular formula is C11H23NO2S2. The minimum Gasteiger partial charge on any atom is -0.382 e. The maximum atomic E-state index is 5.39. The van der Waals surface area contributed by atoms with Crippen LogP contribution in [0.2, 0.25) is 0 Å². The van der Waals surface area contributed by atoms with E-state index in [1.165, 1.54) is 17.3 Å². The topological polar surface area (TPSA) is 30.5 Å². The van der Waals surface area contributed by atoms with Gasteiger partial charge in [0.05, 0.1) is 13.2 Å². The average molecular weight is 265 g/mol. The number of rotatable bonds is 9. The van der Waals surface area contributed by atoms with Crippen LogP contribution in [0.1, 0.15) is 6.42 Å². The predicted molar refractivity (Wildman–Crippen MR) is 73.8 cm³/mol. The van der Waals surface area contributed by atoms with Crippen molar-refractivity contribution in [3.05, 3.63) is 0 Å². The van der Waals surface area contributed by atoms with Crippen molar-refractivity contribution in [2.24, 2.45) is 0 Å². The van der Waals surface area contributed by atoms with E-state index in [-0.39, 0.29) is 0 Å². The molecule has 1 unspecified atom stereocenters. The summed E-state index contributed by atoms with van der Waals surface area (Å²) < 4.78 is 10.3. The zero-order chi connectivity index (χ0) is 11.5. The van der Waals surface area contributed by atoms with E-state index in [0.717, 1.165) is 31.4 Å². The Kier molecular flexibility index (Phi) is 9.81. The highest BCUT2D eigenvalue weighted by atomic mass is 32.2. The van der Waals surface area contributed by atoms with Gasteiger partial charge in [0.1, 0.15) is 0 Å². The van der Waals surface area contributed by atoms with Crippen molar-refractivity contribution in [3.63, 3.8) is 0 Å². The monoisotopic (exact) mass is 265 g/mol. The Morgan fingerprint density at radius 1 is 1.25 bits per heavy atom. The molecule has 1 aliphatic heterocycles. The smallest absolute Gasteiger partial charge is 0.0700 e. The van der Waals surface area contributed by atoms with Crippen molar-refractivity contribution < 1.29 is 9.47 Å². The molecule has 96 valence electrons. The summed E-state index contributed by atoms with van der Waals surface area (Å²) in [6, 6.07) is 0. The van der Waals surface area contributed by atoms with Crippen LogP contribution >= 0.6 is 23.5 Å². The molecule has 0 amide bonds. The summed E-state index contributed by atoms with van der Waals surface area (Å²) in [7, 11) is 1.70. The van der Waals surface area contributed by atoms with Crippen molar-refractivity contribution >= 4 is 23.5 Å². The molecule has 0 aromatic rings. The average Bonchev–Trinajstić information content (AvgIpc) is 2.34. The molecule has 1 heterocycles. The van der Waals surface area contributed by atoms with Crippen LogP contribution in [-0.4, -0.2) is 62.5 Å². The molecule has 5 heteroatoms. The maximum Gasteiger partial charge on any atom is 0.0700 e. The molecule has 1 rings (SSSR count). The molecule has 0 radical (unpaired) electrons. The van der Waals surface area contributed by atoms with Crippen LogP contribution < -0.4 is 5.32 Å². The lowest BCUT2D eigenvalue weighted by Gasteiger charge is -2.21. The van der Waals surface area contributed by atoms with E-state index >= 15 is 0 Å². The maximum absolute atomic E-state index is 5.39. The van der Waals surface area contributed by atoms with E-state index in [0.29, 0.717) is 13.2 Å². The van der Waals surface area contributed by atoms with Gasteiger partial charge < -0.3 is 14.8 Å². The number of hydrogen-bond acceptors (Lipinski definition) is 5. The van der Waals surface area contributed by atoms with Gasteiger partial charge in [-0.15, -0.1) is 0 Å². The minimum absolute atomic E-state index is 0.698. The van der Waals surface area contributed by atoms with Gasteiger partial charge in [-0.3, -0.25) is 0 Å². The van der Waals surface area contributed by atoms with Crippen molar-refractivity contribution in [1.29, 1.82) is 0 Å². The Morgan fingerprint density at radius 3 is 2.94 bits per heavy atom. The molecule has 0 aliphatic carbocycles. The molecule has 0 saturated carbocycles. The fourth-order valence-electron chi connectivity index (χ4n) is 1.46. The standard InChI is InChI=1S/C11H23NO2S2/c1-13-5-6-14-4-2-3-12-9-11-10-15-7-8-16-11/h11-12H,2-10H2,1H3. The Morgan fingerprint density at radius 2 is 2.19 bits per heavy atom. The first kappa shape index (κ1) is 14.6.